The lowest BCUT2D eigenvalue weighted by molar-refractivity contribution is 1.08. The summed E-state index contributed by atoms with van der Waals surface area (Å²) in [6.07, 6.45) is 1.81. The van der Waals surface area contributed by atoms with Crippen molar-refractivity contribution in [2.24, 2.45) is 0 Å². The second-order valence-electron chi connectivity index (χ2n) is 4.86. The smallest absolute Gasteiger partial charge is 0.164 e. The highest BCUT2D eigenvalue weighted by Crippen LogP contribution is 2.31. The van der Waals surface area contributed by atoms with Crippen LogP contribution in [0.1, 0.15) is 4.88 Å². The number of thiophene rings is 1. The molecule has 4 rings (SSSR count). The Labute approximate surface area is 126 Å². The Bertz CT molecular complexity index is 906. The van der Waals surface area contributed by atoms with Gasteiger partial charge in [0, 0.05) is 16.8 Å². The second-order valence-corrected chi connectivity index (χ2v) is 6.15. The molecular weight excluding hydrogens is 278 g/mol. The second kappa shape index (κ2) is 4.82. The average Bonchev–Trinajstić information content (AvgIpc) is 3.11. The Morgan fingerprint density at radius 1 is 0.952 bits per heavy atom. The number of imidazole rings is 1. The van der Waals surface area contributed by atoms with Gasteiger partial charge in [0.25, 0.3) is 0 Å². The molecular formula is C17H13N3S. The molecule has 3 aromatic heterocycles. The number of rotatable bonds is 2. The molecule has 4 heteroatoms. The first-order valence-electron chi connectivity index (χ1n) is 6.78. The van der Waals surface area contributed by atoms with Gasteiger partial charge >= 0.3 is 0 Å². The van der Waals surface area contributed by atoms with Crippen LogP contribution in [-0.4, -0.2) is 14.5 Å². The van der Waals surface area contributed by atoms with Crippen LogP contribution in [-0.2, 0) is 0 Å². The lowest BCUT2D eigenvalue weighted by Crippen LogP contribution is -1.97. The molecule has 0 unspecified atom stereocenters. The number of hydrogen-bond donors (Lipinski definition) is 0. The molecule has 102 valence electrons. The Hall–Kier alpha value is -2.46. The van der Waals surface area contributed by atoms with Crippen LogP contribution in [0, 0.1) is 6.92 Å². The molecule has 0 saturated carbocycles. The summed E-state index contributed by atoms with van der Waals surface area (Å²) in [5, 5.41) is 0. The van der Waals surface area contributed by atoms with Crippen molar-refractivity contribution in [1.82, 2.24) is 14.5 Å². The van der Waals surface area contributed by atoms with E-state index < -0.39 is 0 Å². The van der Waals surface area contributed by atoms with Crippen LogP contribution in [0.5, 0.6) is 0 Å². The minimum absolute atomic E-state index is 0.893. The topological polar surface area (TPSA) is 30.7 Å². The van der Waals surface area contributed by atoms with Crippen LogP contribution in [0.3, 0.4) is 0 Å². The van der Waals surface area contributed by atoms with Crippen LogP contribution in [0.2, 0.25) is 0 Å². The number of benzene rings is 1. The van der Waals surface area contributed by atoms with Gasteiger partial charge in [-0.25, -0.2) is 9.97 Å². The maximum atomic E-state index is 4.78. The summed E-state index contributed by atoms with van der Waals surface area (Å²) < 4.78 is 2.13. The van der Waals surface area contributed by atoms with Gasteiger partial charge in [0.05, 0.1) is 4.88 Å². The van der Waals surface area contributed by atoms with Gasteiger partial charge in [0.1, 0.15) is 5.52 Å². The van der Waals surface area contributed by atoms with Gasteiger partial charge in [-0.05, 0) is 43.3 Å². The van der Waals surface area contributed by atoms with E-state index in [2.05, 4.69) is 40.7 Å². The average molecular weight is 291 g/mol. The van der Waals surface area contributed by atoms with E-state index in [1.54, 1.807) is 11.3 Å². The number of nitrogens with zero attached hydrogens (tertiary/aromatic N) is 3. The molecule has 0 saturated heterocycles. The van der Waals surface area contributed by atoms with Crippen molar-refractivity contribution < 1.29 is 0 Å². The molecule has 0 N–H and O–H groups in total. The van der Waals surface area contributed by atoms with Crippen molar-refractivity contribution in [3.8, 4) is 16.4 Å². The van der Waals surface area contributed by atoms with Crippen molar-refractivity contribution in [3.63, 3.8) is 0 Å². The Morgan fingerprint density at radius 3 is 2.57 bits per heavy atom. The van der Waals surface area contributed by atoms with E-state index in [1.807, 2.05) is 36.5 Å². The van der Waals surface area contributed by atoms with Gasteiger partial charge < -0.3 is 0 Å². The van der Waals surface area contributed by atoms with E-state index in [0.717, 1.165) is 27.6 Å². The number of pyridine rings is 1. The fourth-order valence-corrected chi connectivity index (χ4v) is 3.30. The fraction of sp³-hybridized carbons (Fsp3) is 0.0588. The number of para-hydroxylation sites is 1. The van der Waals surface area contributed by atoms with E-state index in [-0.39, 0.29) is 0 Å². The van der Waals surface area contributed by atoms with Crippen LogP contribution in [0.15, 0.2) is 60.8 Å². The molecule has 0 amide bonds. The summed E-state index contributed by atoms with van der Waals surface area (Å²) in [7, 11) is 0. The third-order valence-electron chi connectivity index (χ3n) is 3.39. The van der Waals surface area contributed by atoms with E-state index >= 15 is 0 Å². The molecule has 0 atom stereocenters. The van der Waals surface area contributed by atoms with E-state index in [0.29, 0.717) is 0 Å². The van der Waals surface area contributed by atoms with Crippen LogP contribution >= 0.6 is 11.3 Å². The summed E-state index contributed by atoms with van der Waals surface area (Å²) in [5.41, 5.74) is 2.90. The molecule has 0 bridgehead atoms. The number of aryl methyl sites for hydroxylation is 1. The third kappa shape index (κ3) is 2.04. The molecule has 0 aliphatic rings. The summed E-state index contributed by atoms with van der Waals surface area (Å²) in [4.78, 5) is 11.7. The van der Waals surface area contributed by atoms with E-state index in [9.17, 15) is 0 Å². The minimum Gasteiger partial charge on any atom is -0.276 e. The van der Waals surface area contributed by atoms with Crippen LogP contribution in [0.4, 0.5) is 0 Å². The Morgan fingerprint density at radius 2 is 1.81 bits per heavy atom. The number of fused-ring (bicyclic) bond motifs is 1. The third-order valence-corrected chi connectivity index (χ3v) is 4.39. The first kappa shape index (κ1) is 12.3. The van der Waals surface area contributed by atoms with Gasteiger partial charge in [-0.15, -0.1) is 11.3 Å². The maximum absolute atomic E-state index is 4.78. The molecule has 0 fully saturated rings. The normalized spacial score (nSPS) is 11.1. The largest absolute Gasteiger partial charge is 0.276 e. The Balaban J connectivity index is 2.06. The fourth-order valence-electron chi connectivity index (χ4n) is 2.45. The zero-order valence-electron chi connectivity index (χ0n) is 11.5. The number of aromatic nitrogens is 3. The van der Waals surface area contributed by atoms with Crippen molar-refractivity contribution in [2.45, 2.75) is 6.92 Å². The molecule has 0 radical (unpaired) electrons. The summed E-state index contributed by atoms with van der Waals surface area (Å²) >= 11 is 1.75. The van der Waals surface area contributed by atoms with Crippen molar-refractivity contribution >= 4 is 22.5 Å². The first-order chi connectivity index (χ1) is 10.3. The quantitative estimate of drug-likeness (QED) is 0.546. The maximum Gasteiger partial charge on any atom is 0.164 e. The van der Waals surface area contributed by atoms with Crippen molar-refractivity contribution in [2.75, 3.05) is 0 Å². The highest BCUT2D eigenvalue weighted by molar-refractivity contribution is 7.15. The number of hydrogen-bond acceptors (Lipinski definition) is 3. The molecule has 1 aromatic carbocycles. The molecule has 0 spiro atoms. The summed E-state index contributed by atoms with van der Waals surface area (Å²) in [6.45, 7) is 2.11. The molecule has 4 aromatic rings. The SMILES string of the molecule is Cc1ccc(-c2nc3cccnc3n2-c2ccccc2)s1. The lowest BCUT2D eigenvalue weighted by Gasteiger charge is -2.07. The predicted molar refractivity (Wildman–Crippen MR) is 86.9 cm³/mol. The molecule has 21 heavy (non-hydrogen) atoms. The zero-order valence-corrected chi connectivity index (χ0v) is 12.3. The monoisotopic (exact) mass is 291 g/mol. The Kier molecular flexibility index (Phi) is 2.82. The molecule has 0 aliphatic carbocycles. The standard InChI is InChI=1S/C17H13N3S/c1-12-9-10-15(21-12)17-19-14-8-5-11-18-16(14)20(17)13-6-3-2-4-7-13/h2-11H,1H3. The van der Waals surface area contributed by atoms with Gasteiger partial charge in [-0.1, -0.05) is 18.2 Å². The van der Waals surface area contributed by atoms with Crippen molar-refractivity contribution in [1.29, 1.82) is 0 Å². The van der Waals surface area contributed by atoms with E-state index in [1.165, 1.54) is 4.88 Å². The minimum atomic E-state index is 0.893. The van der Waals surface area contributed by atoms with Crippen LogP contribution < -0.4 is 0 Å². The highest BCUT2D eigenvalue weighted by atomic mass is 32.1. The van der Waals surface area contributed by atoms with Gasteiger partial charge in [-0.2, -0.15) is 0 Å². The van der Waals surface area contributed by atoms with Crippen LogP contribution in [0.25, 0.3) is 27.6 Å². The zero-order chi connectivity index (χ0) is 14.2. The first-order valence-corrected chi connectivity index (χ1v) is 7.60. The molecule has 3 nitrogen and oxygen atoms in total. The van der Waals surface area contributed by atoms with E-state index in [4.69, 9.17) is 4.98 Å². The van der Waals surface area contributed by atoms with Gasteiger partial charge in [0.2, 0.25) is 0 Å². The van der Waals surface area contributed by atoms with Gasteiger partial charge in [-0.3, -0.25) is 4.57 Å². The van der Waals surface area contributed by atoms with Gasteiger partial charge in [0.15, 0.2) is 11.5 Å². The highest BCUT2D eigenvalue weighted by Gasteiger charge is 2.15. The summed E-state index contributed by atoms with van der Waals surface area (Å²) in [6, 6.07) is 18.4. The molecule has 3 heterocycles. The summed E-state index contributed by atoms with van der Waals surface area (Å²) in [5.74, 6) is 0.952. The lowest BCUT2D eigenvalue weighted by atomic mass is 10.3. The van der Waals surface area contributed by atoms with Crippen molar-refractivity contribution in [3.05, 3.63) is 65.7 Å². The molecule has 0 aliphatic heterocycles. The predicted octanol–water partition coefficient (Wildman–Crippen LogP) is 4.46.